The number of rotatable bonds is 4. The van der Waals surface area contributed by atoms with Crippen LogP contribution in [0.25, 0.3) is 10.9 Å². The molecule has 96 valence electrons. The number of nitrogens with zero attached hydrogens (tertiary/aromatic N) is 1. The first-order chi connectivity index (χ1) is 8.56. The summed E-state index contributed by atoms with van der Waals surface area (Å²) in [6, 6.07) is 7.81. The first kappa shape index (κ1) is 13.1. The van der Waals surface area contributed by atoms with Crippen LogP contribution in [0.15, 0.2) is 30.5 Å². The highest BCUT2D eigenvalue weighted by Crippen LogP contribution is 2.25. The van der Waals surface area contributed by atoms with Crippen molar-refractivity contribution >= 4 is 28.2 Å². The third-order valence-electron chi connectivity index (χ3n) is 2.80. The number of aliphatic hydroxyl groups is 1. The fourth-order valence-corrected chi connectivity index (χ4v) is 2.25. The fourth-order valence-electron chi connectivity index (χ4n) is 2.08. The summed E-state index contributed by atoms with van der Waals surface area (Å²) >= 11 is 5.95. The minimum atomic E-state index is -0.310. The van der Waals surface area contributed by atoms with Gasteiger partial charge in [0.05, 0.1) is 11.6 Å². The van der Waals surface area contributed by atoms with Gasteiger partial charge in [-0.1, -0.05) is 11.6 Å². The number of halogens is 1. The zero-order chi connectivity index (χ0) is 13.1. The Kier molecular flexibility index (Phi) is 4.04. The molecular formula is C14H17ClN2O. The Morgan fingerprint density at radius 1 is 1.33 bits per heavy atom. The molecule has 0 fully saturated rings. The maximum Gasteiger partial charge on any atom is 0.0737 e. The number of anilines is 1. The third kappa shape index (κ3) is 3.12. The van der Waals surface area contributed by atoms with Crippen LogP contribution in [0, 0.1) is 0 Å². The highest BCUT2D eigenvalue weighted by Gasteiger charge is 2.08. The zero-order valence-electron chi connectivity index (χ0n) is 10.5. The van der Waals surface area contributed by atoms with Gasteiger partial charge in [-0.25, -0.2) is 0 Å². The van der Waals surface area contributed by atoms with Crippen LogP contribution in [0.4, 0.5) is 5.69 Å². The SMILES string of the molecule is CC(O)CC(C)Nc1ccnc2cc(Cl)ccc12. The Labute approximate surface area is 112 Å². The van der Waals surface area contributed by atoms with Crippen molar-refractivity contribution in [1.82, 2.24) is 4.98 Å². The summed E-state index contributed by atoms with van der Waals surface area (Å²) in [6.07, 6.45) is 2.16. The van der Waals surface area contributed by atoms with Gasteiger partial charge in [-0.15, -0.1) is 0 Å². The highest BCUT2D eigenvalue weighted by molar-refractivity contribution is 6.31. The number of aliphatic hydroxyl groups excluding tert-OH is 1. The van der Waals surface area contributed by atoms with Gasteiger partial charge in [0.2, 0.25) is 0 Å². The Bertz CT molecular complexity index is 542. The minimum Gasteiger partial charge on any atom is -0.393 e. The molecule has 0 radical (unpaired) electrons. The zero-order valence-corrected chi connectivity index (χ0v) is 11.3. The van der Waals surface area contributed by atoms with Gasteiger partial charge in [0.15, 0.2) is 0 Å². The molecule has 0 saturated carbocycles. The van der Waals surface area contributed by atoms with Gasteiger partial charge < -0.3 is 10.4 Å². The van der Waals surface area contributed by atoms with Gasteiger partial charge in [-0.3, -0.25) is 4.98 Å². The summed E-state index contributed by atoms with van der Waals surface area (Å²) in [5.74, 6) is 0. The Morgan fingerprint density at radius 2 is 2.11 bits per heavy atom. The lowest BCUT2D eigenvalue weighted by Crippen LogP contribution is -2.20. The van der Waals surface area contributed by atoms with Crippen LogP contribution in [0.5, 0.6) is 0 Å². The van der Waals surface area contributed by atoms with E-state index in [1.165, 1.54) is 0 Å². The molecule has 0 aliphatic rings. The van der Waals surface area contributed by atoms with Crippen LogP contribution in [0.2, 0.25) is 5.02 Å². The fraction of sp³-hybridized carbons (Fsp3) is 0.357. The van der Waals surface area contributed by atoms with Crippen LogP contribution in [0.3, 0.4) is 0 Å². The summed E-state index contributed by atoms with van der Waals surface area (Å²) in [7, 11) is 0. The summed E-state index contributed by atoms with van der Waals surface area (Å²) in [4.78, 5) is 4.30. The average molecular weight is 265 g/mol. The smallest absolute Gasteiger partial charge is 0.0737 e. The molecule has 0 aliphatic heterocycles. The van der Waals surface area contributed by atoms with E-state index in [2.05, 4.69) is 17.2 Å². The van der Waals surface area contributed by atoms with Crippen LogP contribution in [-0.2, 0) is 0 Å². The van der Waals surface area contributed by atoms with Gasteiger partial charge in [-0.05, 0) is 44.5 Å². The molecule has 0 aliphatic carbocycles. The lowest BCUT2D eigenvalue weighted by molar-refractivity contribution is 0.179. The van der Waals surface area contributed by atoms with E-state index in [9.17, 15) is 5.11 Å². The summed E-state index contributed by atoms with van der Waals surface area (Å²) in [5, 5.41) is 14.5. The molecule has 1 heterocycles. The number of pyridine rings is 1. The predicted octanol–water partition coefficient (Wildman–Crippen LogP) is 3.46. The second-order valence-corrected chi connectivity index (χ2v) is 5.09. The molecule has 4 heteroatoms. The quantitative estimate of drug-likeness (QED) is 0.889. The van der Waals surface area contributed by atoms with Gasteiger partial charge in [0, 0.05) is 28.3 Å². The van der Waals surface area contributed by atoms with E-state index >= 15 is 0 Å². The maximum atomic E-state index is 9.38. The Morgan fingerprint density at radius 3 is 2.83 bits per heavy atom. The first-order valence-electron chi connectivity index (χ1n) is 6.05. The highest BCUT2D eigenvalue weighted by atomic mass is 35.5. The van der Waals surface area contributed by atoms with E-state index in [-0.39, 0.29) is 12.1 Å². The van der Waals surface area contributed by atoms with Crippen molar-refractivity contribution in [2.24, 2.45) is 0 Å². The van der Waals surface area contributed by atoms with Gasteiger partial charge in [-0.2, -0.15) is 0 Å². The topological polar surface area (TPSA) is 45.1 Å². The van der Waals surface area contributed by atoms with E-state index in [1.54, 1.807) is 13.1 Å². The van der Waals surface area contributed by atoms with Crippen LogP contribution < -0.4 is 5.32 Å². The molecule has 2 aromatic rings. The van der Waals surface area contributed by atoms with Crippen molar-refractivity contribution in [1.29, 1.82) is 0 Å². The van der Waals surface area contributed by atoms with Crippen molar-refractivity contribution in [2.45, 2.75) is 32.4 Å². The van der Waals surface area contributed by atoms with Gasteiger partial charge in [0.25, 0.3) is 0 Å². The molecule has 2 N–H and O–H groups in total. The van der Waals surface area contributed by atoms with Crippen molar-refractivity contribution in [2.75, 3.05) is 5.32 Å². The van der Waals surface area contributed by atoms with E-state index in [1.807, 2.05) is 24.3 Å². The summed E-state index contributed by atoms with van der Waals surface area (Å²) in [6.45, 7) is 3.84. The van der Waals surface area contributed by atoms with Gasteiger partial charge in [0.1, 0.15) is 0 Å². The number of aromatic nitrogens is 1. The molecule has 0 saturated heterocycles. The second kappa shape index (κ2) is 5.55. The molecule has 18 heavy (non-hydrogen) atoms. The average Bonchev–Trinajstić information content (AvgIpc) is 2.27. The standard InChI is InChI=1S/C14H17ClN2O/c1-9(7-10(2)18)17-13-5-6-16-14-8-11(15)3-4-12(13)14/h3-6,8-10,18H,7H2,1-2H3,(H,16,17). The number of fused-ring (bicyclic) bond motifs is 1. The molecule has 1 aromatic heterocycles. The molecule has 0 amide bonds. The monoisotopic (exact) mass is 264 g/mol. The van der Waals surface area contributed by atoms with Crippen molar-refractivity contribution in [3.63, 3.8) is 0 Å². The Hall–Kier alpha value is -1.32. The number of nitrogens with one attached hydrogen (secondary N) is 1. The first-order valence-corrected chi connectivity index (χ1v) is 6.43. The summed E-state index contributed by atoms with van der Waals surface area (Å²) < 4.78 is 0. The number of hydrogen-bond donors (Lipinski definition) is 2. The lowest BCUT2D eigenvalue weighted by atomic mass is 10.1. The molecule has 1 aromatic carbocycles. The van der Waals surface area contributed by atoms with E-state index in [4.69, 9.17) is 11.6 Å². The van der Waals surface area contributed by atoms with E-state index < -0.39 is 0 Å². The van der Waals surface area contributed by atoms with Crippen molar-refractivity contribution in [3.8, 4) is 0 Å². The maximum absolute atomic E-state index is 9.38. The predicted molar refractivity (Wildman–Crippen MR) is 76.1 cm³/mol. The minimum absolute atomic E-state index is 0.200. The molecule has 3 nitrogen and oxygen atoms in total. The molecule has 2 atom stereocenters. The number of benzene rings is 1. The van der Waals surface area contributed by atoms with E-state index in [0.29, 0.717) is 11.4 Å². The lowest BCUT2D eigenvalue weighted by Gasteiger charge is -2.18. The van der Waals surface area contributed by atoms with Crippen LogP contribution >= 0.6 is 11.6 Å². The van der Waals surface area contributed by atoms with Crippen LogP contribution in [-0.4, -0.2) is 22.2 Å². The van der Waals surface area contributed by atoms with Crippen molar-refractivity contribution in [3.05, 3.63) is 35.5 Å². The van der Waals surface area contributed by atoms with Gasteiger partial charge >= 0.3 is 0 Å². The van der Waals surface area contributed by atoms with Crippen molar-refractivity contribution < 1.29 is 5.11 Å². The third-order valence-corrected chi connectivity index (χ3v) is 3.04. The molecule has 0 bridgehead atoms. The van der Waals surface area contributed by atoms with E-state index in [0.717, 1.165) is 16.6 Å². The molecule has 2 unspecified atom stereocenters. The largest absolute Gasteiger partial charge is 0.393 e. The number of hydrogen-bond acceptors (Lipinski definition) is 3. The van der Waals surface area contributed by atoms with Crippen LogP contribution in [0.1, 0.15) is 20.3 Å². The summed E-state index contributed by atoms with van der Waals surface area (Å²) in [5.41, 5.74) is 1.89. The molecule has 0 spiro atoms. The normalized spacial score (nSPS) is 14.4. The Balaban J connectivity index is 2.28. The molecular weight excluding hydrogens is 248 g/mol. The second-order valence-electron chi connectivity index (χ2n) is 4.65. The molecule has 2 rings (SSSR count).